The predicted molar refractivity (Wildman–Crippen MR) is 102 cm³/mol. The molecule has 0 heterocycles. The molecule has 0 aliphatic rings. The van der Waals surface area contributed by atoms with Crippen LogP contribution in [0.15, 0.2) is 48.5 Å². The van der Waals surface area contributed by atoms with E-state index in [1.807, 2.05) is 48.5 Å². The molecule has 0 atom stereocenters. The molecule has 25 heavy (non-hydrogen) atoms. The Hall–Kier alpha value is -2.45. The van der Waals surface area contributed by atoms with Crippen molar-refractivity contribution < 1.29 is 9.53 Å². The maximum Gasteiger partial charge on any atom is 0.257 e. The van der Waals surface area contributed by atoms with Gasteiger partial charge in [-0.1, -0.05) is 37.3 Å². The van der Waals surface area contributed by atoms with Crippen molar-refractivity contribution in [3.8, 4) is 11.8 Å². The van der Waals surface area contributed by atoms with E-state index in [0.29, 0.717) is 17.9 Å². The van der Waals surface area contributed by atoms with Crippen LogP contribution < -0.4 is 10.1 Å². The number of nitriles is 1. The molecule has 0 aliphatic heterocycles. The summed E-state index contributed by atoms with van der Waals surface area (Å²) >= 11 is 1.69. The van der Waals surface area contributed by atoms with Gasteiger partial charge in [0.1, 0.15) is 5.75 Å². The quantitative estimate of drug-likeness (QED) is 0.700. The van der Waals surface area contributed by atoms with E-state index in [9.17, 15) is 4.79 Å². The van der Waals surface area contributed by atoms with E-state index in [0.717, 1.165) is 23.5 Å². The Bertz CT molecular complexity index is 723. The molecule has 2 aromatic carbocycles. The Kier molecular flexibility index (Phi) is 7.87. The molecule has 130 valence electrons. The van der Waals surface area contributed by atoms with Gasteiger partial charge in [0.15, 0.2) is 6.61 Å². The van der Waals surface area contributed by atoms with Gasteiger partial charge in [0.2, 0.25) is 0 Å². The molecular weight excluding hydrogens is 332 g/mol. The smallest absolute Gasteiger partial charge is 0.257 e. The Balaban J connectivity index is 1.61. The van der Waals surface area contributed by atoms with Crippen LogP contribution in [0.4, 0.5) is 0 Å². The normalized spacial score (nSPS) is 10.1. The molecule has 1 amide bonds. The number of carbonyl (C=O) groups excluding carboxylic acids is 1. The minimum atomic E-state index is -0.127. The lowest BCUT2D eigenvalue weighted by Gasteiger charge is -2.08. The summed E-state index contributed by atoms with van der Waals surface area (Å²) in [5, 5.41) is 11.9. The van der Waals surface area contributed by atoms with Gasteiger partial charge in [-0.05, 0) is 35.7 Å². The highest BCUT2D eigenvalue weighted by atomic mass is 32.2. The highest BCUT2D eigenvalue weighted by Gasteiger charge is 2.04. The van der Waals surface area contributed by atoms with Crippen LogP contribution in [-0.2, 0) is 17.0 Å². The standard InChI is InChI=1S/C20H22N2O2S/c1-2-16-7-9-19(10-8-16)24-14-20(23)22-11-12-25-15-18-6-4-3-5-17(18)13-21/h3-10H,2,11-12,14-15H2,1H3,(H,22,23). The molecule has 0 saturated heterocycles. The maximum absolute atomic E-state index is 11.8. The molecule has 0 saturated carbocycles. The minimum absolute atomic E-state index is 0.0212. The van der Waals surface area contributed by atoms with Crippen LogP contribution in [-0.4, -0.2) is 24.8 Å². The van der Waals surface area contributed by atoms with Crippen LogP contribution in [0.2, 0.25) is 0 Å². The van der Waals surface area contributed by atoms with Gasteiger partial charge < -0.3 is 10.1 Å². The summed E-state index contributed by atoms with van der Waals surface area (Å²) in [6.07, 6.45) is 0.983. The first kappa shape index (κ1) is 18.9. The van der Waals surface area contributed by atoms with Gasteiger partial charge in [0.25, 0.3) is 5.91 Å². The number of hydrogen-bond acceptors (Lipinski definition) is 4. The van der Waals surface area contributed by atoms with E-state index in [1.54, 1.807) is 11.8 Å². The molecule has 0 radical (unpaired) electrons. The number of amides is 1. The van der Waals surface area contributed by atoms with Gasteiger partial charge >= 0.3 is 0 Å². The first-order valence-electron chi connectivity index (χ1n) is 8.27. The zero-order valence-electron chi connectivity index (χ0n) is 14.3. The van der Waals surface area contributed by atoms with Crippen LogP contribution in [0.1, 0.15) is 23.6 Å². The Morgan fingerprint density at radius 3 is 2.68 bits per heavy atom. The molecule has 4 nitrogen and oxygen atoms in total. The number of rotatable bonds is 9. The molecule has 2 aromatic rings. The Morgan fingerprint density at radius 1 is 1.20 bits per heavy atom. The zero-order chi connectivity index (χ0) is 17.9. The number of benzene rings is 2. The highest BCUT2D eigenvalue weighted by molar-refractivity contribution is 7.98. The lowest BCUT2D eigenvalue weighted by Crippen LogP contribution is -2.30. The number of nitrogens with one attached hydrogen (secondary N) is 1. The Morgan fingerprint density at radius 2 is 1.96 bits per heavy atom. The molecule has 0 unspecified atom stereocenters. The lowest BCUT2D eigenvalue weighted by molar-refractivity contribution is -0.122. The van der Waals surface area contributed by atoms with E-state index in [2.05, 4.69) is 18.3 Å². The molecule has 1 N–H and O–H groups in total. The van der Waals surface area contributed by atoms with Crippen molar-refractivity contribution in [1.29, 1.82) is 5.26 Å². The summed E-state index contributed by atoms with van der Waals surface area (Å²) in [6.45, 7) is 2.70. The zero-order valence-corrected chi connectivity index (χ0v) is 15.1. The van der Waals surface area contributed by atoms with Crippen molar-refractivity contribution in [2.45, 2.75) is 19.1 Å². The molecule has 0 spiro atoms. The number of carbonyl (C=O) groups is 1. The molecule has 5 heteroatoms. The predicted octanol–water partition coefficient (Wildman–Crippen LogP) is 3.55. The van der Waals surface area contributed by atoms with Crippen molar-refractivity contribution in [2.24, 2.45) is 0 Å². The summed E-state index contributed by atoms with van der Waals surface area (Å²) in [4.78, 5) is 11.8. The fourth-order valence-corrected chi connectivity index (χ4v) is 3.08. The minimum Gasteiger partial charge on any atom is -0.484 e. The second-order valence-electron chi connectivity index (χ2n) is 5.46. The van der Waals surface area contributed by atoms with Crippen molar-refractivity contribution in [3.05, 3.63) is 65.2 Å². The van der Waals surface area contributed by atoms with Crippen LogP contribution in [0.25, 0.3) is 0 Å². The third kappa shape index (κ3) is 6.52. The van der Waals surface area contributed by atoms with Crippen LogP contribution in [0.5, 0.6) is 5.75 Å². The van der Waals surface area contributed by atoms with E-state index >= 15 is 0 Å². The van der Waals surface area contributed by atoms with Crippen LogP contribution >= 0.6 is 11.8 Å². The second kappa shape index (κ2) is 10.4. The van der Waals surface area contributed by atoms with E-state index < -0.39 is 0 Å². The summed E-state index contributed by atoms with van der Waals surface area (Å²) in [7, 11) is 0. The van der Waals surface area contributed by atoms with Crippen molar-refractivity contribution >= 4 is 17.7 Å². The number of aryl methyl sites for hydroxylation is 1. The van der Waals surface area contributed by atoms with Gasteiger partial charge in [-0.3, -0.25) is 4.79 Å². The Labute approximate surface area is 153 Å². The van der Waals surface area contributed by atoms with Gasteiger partial charge in [0.05, 0.1) is 11.6 Å². The largest absolute Gasteiger partial charge is 0.484 e. The van der Waals surface area contributed by atoms with Gasteiger partial charge in [-0.2, -0.15) is 17.0 Å². The molecule has 0 aromatic heterocycles. The molecular formula is C20H22N2O2S. The fraction of sp³-hybridized carbons (Fsp3) is 0.300. The van der Waals surface area contributed by atoms with E-state index in [1.165, 1.54) is 5.56 Å². The third-order valence-electron chi connectivity index (χ3n) is 3.67. The van der Waals surface area contributed by atoms with Crippen molar-refractivity contribution in [2.75, 3.05) is 18.9 Å². The van der Waals surface area contributed by atoms with Gasteiger partial charge in [-0.25, -0.2) is 0 Å². The number of nitrogens with zero attached hydrogens (tertiary/aromatic N) is 1. The monoisotopic (exact) mass is 354 g/mol. The number of hydrogen-bond donors (Lipinski definition) is 1. The first-order chi connectivity index (χ1) is 12.2. The maximum atomic E-state index is 11.8. The summed E-state index contributed by atoms with van der Waals surface area (Å²) in [6, 6.07) is 17.5. The lowest BCUT2D eigenvalue weighted by atomic mass is 10.1. The van der Waals surface area contributed by atoms with Crippen molar-refractivity contribution in [1.82, 2.24) is 5.32 Å². The number of thioether (sulfide) groups is 1. The van der Waals surface area contributed by atoms with Crippen molar-refractivity contribution in [3.63, 3.8) is 0 Å². The molecule has 0 fully saturated rings. The van der Waals surface area contributed by atoms with Crippen LogP contribution in [0.3, 0.4) is 0 Å². The summed E-state index contributed by atoms with van der Waals surface area (Å²) in [5.74, 6) is 2.13. The first-order valence-corrected chi connectivity index (χ1v) is 9.42. The molecule has 0 aliphatic carbocycles. The molecule has 2 rings (SSSR count). The van der Waals surface area contributed by atoms with E-state index in [4.69, 9.17) is 10.00 Å². The van der Waals surface area contributed by atoms with Gasteiger partial charge in [-0.15, -0.1) is 0 Å². The van der Waals surface area contributed by atoms with Crippen LogP contribution in [0, 0.1) is 11.3 Å². The second-order valence-corrected chi connectivity index (χ2v) is 6.56. The summed E-state index contributed by atoms with van der Waals surface area (Å²) in [5.41, 5.74) is 2.98. The average Bonchev–Trinajstić information content (AvgIpc) is 2.66. The fourth-order valence-electron chi connectivity index (χ4n) is 2.22. The van der Waals surface area contributed by atoms with E-state index in [-0.39, 0.29) is 12.5 Å². The average molecular weight is 354 g/mol. The third-order valence-corrected chi connectivity index (χ3v) is 4.67. The highest BCUT2D eigenvalue weighted by Crippen LogP contribution is 2.15. The molecule has 0 bridgehead atoms. The topological polar surface area (TPSA) is 62.1 Å². The van der Waals surface area contributed by atoms with Gasteiger partial charge in [0, 0.05) is 18.1 Å². The SMILES string of the molecule is CCc1ccc(OCC(=O)NCCSCc2ccccc2C#N)cc1. The summed E-state index contributed by atoms with van der Waals surface area (Å²) < 4.78 is 5.47. The number of ether oxygens (including phenoxy) is 1.